The lowest BCUT2D eigenvalue weighted by Gasteiger charge is -2.29. The molecule has 3 aromatic rings. The number of hydrogen-bond donors (Lipinski definition) is 2. The molecule has 34 heavy (non-hydrogen) atoms. The Balaban J connectivity index is 1.65. The smallest absolute Gasteiger partial charge is 0.311 e. The van der Waals surface area contributed by atoms with Crippen LogP contribution in [0.2, 0.25) is 5.02 Å². The maximum atomic E-state index is 13.2. The number of rotatable bonds is 6. The second-order valence-corrected chi connectivity index (χ2v) is 8.98. The summed E-state index contributed by atoms with van der Waals surface area (Å²) in [6.45, 7) is 5.81. The van der Waals surface area contributed by atoms with Crippen molar-refractivity contribution < 1.29 is 19.4 Å². The monoisotopic (exact) mass is 484 g/mol. The molecule has 0 radical (unpaired) electrons. The third-order valence-corrected chi connectivity index (χ3v) is 6.43. The number of nitrogens with zero attached hydrogens (tertiary/aromatic N) is 5. The van der Waals surface area contributed by atoms with Crippen LogP contribution in [-0.2, 0) is 4.79 Å². The zero-order chi connectivity index (χ0) is 24.6. The van der Waals surface area contributed by atoms with Crippen molar-refractivity contribution in [2.24, 2.45) is 5.41 Å². The lowest BCUT2D eigenvalue weighted by Crippen LogP contribution is -2.34. The number of carbonyl (C=O) groups excluding carboxylic acids is 1. The van der Waals surface area contributed by atoms with E-state index in [-0.39, 0.29) is 42.4 Å². The molecule has 0 bridgehead atoms. The van der Waals surface area contributed by atoms with Crippen LogP contribution < -0.4 is 15.4 Å². The Morgan fingerprint density at radius 2 is 2.12 bits per heavy atom. The van der Waals surface area contributed by atoms with Crippen LogP contribution in [0.15, 0.2) is 36.9 Å². The predicted octanol–water partition coefficient (Wildman–Crippen LogP) is 3.68. The van der Waals surface area contributed by atoms with E-state index < -0.39 is 11.4 Å². The molecule has 0 aliphatic carbocycles. The SMILES string of the molecule is CCC(n1cc(-c2ccc(N3CCOc4ncnc(N)c4C3=O)cc2Cl)cn1)C(C)(C)C(=O)O. The lowest BCUT2D eigenvalue weighted by atomic mass is 9.83. The minimum absolute atomic E-state index is 0.0480. The molecule has 1 amide bonds. The van der Waals surface area contributed by atoms with Gasteiger partial charge in [0.05, 0.1) is 29.2 Å². The van der Waals surface area contributed by atoms with Crippen molar-refractivity contribution in [2.75, 3.05) is 23.8 Å². The van der Waals surface area contributed by atoms with Crippen molar-refractivity contribution in [1.29, 1.82) is 0 Å². The number of halogens is 1. The van der Waals surface area contributed by atoms with E-state index >= 15 is 0 Å². The zero-order valence-electron chi connectivity index (χ0n) is 19.0. The fourth-order valence-electron chi connectivity index (χ4n) is 4.13. The van der Waals surface area contributed by atoms with Gasteiger partial charge in [-0.25, -0.2) is 9.97 Å². The first-order chi connectivity index (χ1) is 16.1. The fraction of sp³-hybridized carbons (Fsp3) is 0.348. The summed E-state index contributed by atoms with van der Waals surface area (Å²) in [5.74, 6) is -1.06. The first-order valence-corrected chi connectivity index (χ1v) is 11.2. The molecule has 0 saturated heterocycles. The van der Waals surface area contributed by atoms with E-state index in [0.29, 0.717) is 22.7 Å². The Labute approximate surface area is 201 Å². The van der Waals surface area contributed by atoms with Crippen LogP contribution in [0.5, 0.6) is 5.88 Å². The molecule has 0 saturated carbocycles. The predicted molar refractivity (Wildman–Crippen MR) is 127 cm³/mol. The van der Waals surface area contributed by atoms with Crippen LogP contribution in [0.1, 0.15) is 43.6 Å². The lowest BCUT2D eigenvalue weighted by molar-refractivity contribution is -0.149. The number of nitrogens with two attached hydrogens (primary N) is 1. The van der Waals surface area contributed by atoms with E-state index in [1.165, 1.54) is 11.2 Å². The third kappa shape index (κ3) is 4.05. The minimum Gasteiger partial charge on any atom is -0.481 e. The fourth-order valence-corrected chi connectivity index (χ4v) is 4.42. The van der Waals surface area contributed by atoms with Gasteiger partial charge in [-0.2, -0.15) is 5.10 Å². The number of ether oxygens (including phenoxy) is 1. The number of amides is 1. The molecule has 10 nitrogen and oxygen atoms in total. The van der Waals surface area contributed by atoms with E-state index in [1.807, 2.05) is 6.92 Å². The van der Waals surface area contributed by atoms with Crippen molar-refractivity contribution in [3.63, 3.8) is 0 Å². The van der Waals surface area contributed by atoms with Gasteiger partial charge in [0.15, 0.2) is 0 Å². The maximum Gasteiger partial charge on any atom is 0.311 e. The molecular weight excluding hydrogens is 460 g/mol. The highest BCUT2D eigenvalue weighted by molar-refractivity contribution is 6.33. The molecule has 4 rings (SSSR count). The largest absolute Gasteiger partial charge is 0.481 e. The summed E-state index contributed by atoms with van der Waals surface area (Å²) in [6, 6.07) is 4.93. The average Bonchev–Trinajstić information content (AvgIpc) is 3.18. The van der Waals surface area contributed by atoms with Crippen LogP contribution in [-0.4, -0.2) is 49.9 Å². The minimum atomic E-state index is -0.997. The number of aliphatic carboxylic acids is 1. The number of aromatic nitrogens is 4. The summed E-state index contributed by atoms with van der Waals surface area (Å²) in [7, 11) is 0. The molecule has 0 spiro atoms. The number of carboxylic acid groups (broad SMARTS) is 1. The third-order valence-electron chi connectivity index (χ3n) is 6.12. The van der Waals surface area contributed by atoms with E-state index in [1.54, 1.807) is 49.1 Å². The quantitative estimate of drug-likeness (QED) is 0.540. The molecule has 1 aliphatic heterocycles. The molecule has 1 atom stereocenters. The molecule has 2 aromatic heterocycles. The molecule has 11 heteroatoms. The summed E-state index contributed by atoms with van der Waals surface area (Å²) in [4.78, 5) is 34.3. The van der Waals surface area contributed by atoms with Crippen molar-refractivity contribution in [3.05, 3.63) is 47.5 Å². The summed E-state index contributed by atoms with van der Waals surface area (Å²) in [5.41, 5.74) is 7.05. The number of benzene rings is 1. The van der Waals surface area contributed by atoms with Crippen LogP contribution in [0, 0.1) is 5.41 Å². The van der Waals surface area contributed by atoms with Gasteiger partial charge in [0.25, 0.3) is 5.91 Å². The van der Waals surface area contributed by atoms with Gasteiger partial charge in [-0.1, -0.05) is 24.6 Å². The van der Waals surface area contributed by atoms with Crippen molar-refractivity contribution in [2.45, 2.75) is 33.2 Å². The number of anilines is 2. The standard InChI is InChI=1S/C23H25ClN6O4/c1-4-17(23(2,3)22(32)33)30-11-13(10-28-30)15-6-5-14(9-16(15)24)29-7-8-34-20-18(21(29)31)19(25)26-12-27-20/h5-6,9-12,17H,4,7-8H2,1-3H3,(H,32,33)(H2,25,26,27). The molecule has 0 fully saturated rings. The Bertz CT molecular complexity index is 1260. The van der Waals surface area contributed by atoms with E-state index in [4.69, 9.17) is 22.1 Å². The molecule has 178 valence electrons. The van der Waals surface area contributed by atoms with Gasteiger partial charge in [-0.3, -0.25) is 14.3 Å². The first-order valence-electron chi connectivity index (χ1n) is 10.8. The van der Waals surface area contributed by atoms with Gasteiger partial charge in [0.2, 0.25) is 5.88 Å². The average molecular weight is 485 g/mol. The summed E-state index contributed by atoms with van der Waals surface area (Å²) in [6.07, 6.45) is 5.30. The second-order valence-electron chi connectivity index (χ2n) is 8.57. The van der Waals surface area contributed by atoms with Crippen LogP contribution in [0.3, 0.4) is 0 Å². The van der Waals surface area contributed by atoms with Crippen molar-refractivity contribution in [1.82, 2.24) is 19.7 Å². The van der Waals surface area contributed by atoms with Gasteiger partial charge >= 0.3 is 5.97 Å². The van der Waals surface area contributed by atoms with Gasteiger partial charge in [-0.15, -0.1) is 0 Å². The molecule has 3 N–H and O–H groups in total. The van der Waals surface area contributed by atoms with E-state index in [9.17, 15) is 14.7 Å². The summed E-state index contributed by atoms with van der Waals surface area (Å²) < 4.78 is 7.24. The molecular formula is C23H25ClN6O4. The maximum absolute atomic E-state index is 13.2. The van der Waals surface area contributed by atoms with Crippen LogP contribution in [0.25, 0.3) is 11.1 Å². The Hall–Kier alpha value is -3.66. The van der Waals surface area contributed by atoms with Gasteiger partial charge in [0, 0.05) is 23.0 Å². The number of fused-ring (bicyclic) bond motifs is 1. The molecule has 3 heterocycles. The Kier molecular flexibility index (Phi) is 6.18. The molecule has 1 unspecified atom stereocenters. The highest BCUT2D eigenvalue weighted by Gasteiger charge is 2.37. The second kappa shape index (κ2) is 8.94. The first kappa shape index (κ1) is 23.5. The highest BCUT2D eigenvalue weighted by Crippen LogP contribution is 2.37. The van der Waals surface area contributed by atoms with Gasteiger partial charge < -0.3 is 20.5 Å². The van der Waals surface area contributed by atoms with Crippen molar-refractivity contribution >= 4 is 35.0 Å². The van der Waals surface area contributed by atoms with Crippen LogP contribution in [0.4, 0.5) is 11.5 Å². The van der Waals surface area contributed by atoms with Crippen LogP contribution >= 0.6 is 11.6 Å². The number of carboxylic acids is 1. The Morgan fingerprint density at radius 1 is 1.35 bits per heavy atom. The van der Waals surface area contributed by atoms with Gasteiger partial charge in [0.1, 0.15) is 24.3 Å². The number of hydrogen-bond acceptors (Lipinski definition) is 7. The molecule has 1 aliphatic rings. The van der Waals surface area contributed by atoms with Crippen molar-refractivity contribution in [3.8, 4) is 17.0 Å². The Morgan fingerprint density at radius 3 is 2.79 bits per heavy atom. The van der Waals surface area contributed by atoms with E-state index in [2.05, 4.69) is 15.1 Å². The molecule has 1 aromatic carbocycles. The van der Waals surface area contributed by atoms with Gasteiger partial charge in [-0.05, 0) is 32.4 Å². The zero-order valence-corrected chi connectivity index (χ0v) is 19.8. The summed E-state index contributed by atoms with van der Waals surface area (Å²) >= 11 is 6.62. The van der Waals surface area contributed by atoms with E-state index in [0.717, 1.165) is 5.56 Å². The highest BCUT2D eigenvalue weighted by atomic mass is 35.5. The topological polar surface area (TPSA) is 136 Å². The number of nitrogen functional groups attached to an aromatic ring is 1. The normalized spacial score (nSPS) is 14.8. The summed E-state index contributed by atoms with van der Waals surface area (Å²) in [5, 5.41) is 14.5. The number of carbonyl (C=O) groups is 2.